The van der Waals surface area contributed by atoms with E-state index in [-0.39, 0.29) is 0 Å². The number of pyridine rings is 2. The lowest BCUT2D eigenvalue weighted by Crippen LogP contribution is -2.05. The van der Waals surface area contributed by atoms with Gasteiger partial charge in [0, 0.05) is 34.2 Å². The highest BCUT2D eigenvalue weighted by molar-refractivity contribution is 6.18. The quantitative estimate of drug-likeness (QED) is 0.434. The van der Waals surface area contributed by atoms with Crippen LogP contribution in [0.25, 0.3) is 21.7 Å². The van der Waals surface area contributed by atoms with Crippen molar-refractivity contribution in [2.75, 3.05) is 12.4 Å². The van der Waals surface area contributed by atoms with Gasteiger partial charge in [-0.25, -0.2) is 9.78 Å². The van der Waals surface area contributed by atoms with Crippen molar-refractivity contribution in [1.82, 2.24) is 9.97 Å². The van der Waals surface area contributed by atoms with Crippen molar-refractivity contribution in [2.24, 2.45) is 0 Å². The second-order valence-electron chi connectivity index (χ2n) is 6.07. The van der Waals surface area contributed by atoms with E-state index in [1.54, 1.807) is 6.20 Å². The Kier molecular flexibility index (Phi) is 3.97. The molecule has 4 rings (SSSR count). The van der Waals surface area contributed by atoms with Crippen molar-refractivity contribution in [2.45, 2.75) is 6.92 Å². The smallest absolute Gasteiger partial charge is 0.340 e. The van der Waals surface area contributed by atoms with Gasteiger partial charge in [-0.05, 0) is 25.1 Å². The van der Waals surface area contributed by atoms with Crippen LogP contribution >= 0.6 is 0 Å². The number of fused-ring (bicyclic) bond motifs is 3. The van der Waals surface area contributed by atoms with Crippen LogP contribution in [0.2, 0.25) is 0 Å². The summed E-state index contributed by atoms with van der Waals surface area (Å²) in [4.78, 5) is 21.2. The number of anilines is 2. The van der Waals surface area contributed by atoms with Crippen LogP contribution in [0.15, 0.2) is 60.9 Å². The minimum Gasteiger partial charge on any atom is -0.465 e. The Balaban J connectivity index is 2.00. The molecule has 0 fully saturated rings. The maximum Gasteiger partial charge on any atom is 0.340 e. The molecule has 0 atom stereocenters. The van der Waals surface area contributed by atoms with E-state index >= 15 is 0 Å². The van der Waals surface area contributed by atoms with Crippen LogP contribution in [0.4, 0.5) is 11.5 Å². The summed E-state index contributed by atoms with van der Waals surface area (Å²) in [5.74, 6) is 0.238. The van der Waals surface area contributed by atoms with Gasteiger partial charge in [0.15, 0.2) is 0 Å². The fourth-order valence-electron chi connectivity index (χ4n) is 3.03. The first-order valence-corrected chi connectivity index (χ1v) is 8.26. The highest BCUT2D eigenvalue weighted by Crippen LogP contribution is 2.33. The Morgan fingerprint density at radius 3 is 2.54 bits per heavy atom. The third-order valence-electron chi connectivity index (χ3n) is 4.33. The Labute approximate surface area is 150 Å². The number of nitrogens with one attached hydrogen (secondary N) is 1. The summed E-state index contributed by atoms with van der Waals surface area (Å²) in [7, 11) is 1.37. The van der Waals surface area contributed by atoms with Crippen molar-refractivity contribution in [1.29, 1.82) is 0 Å². The number of hydrogen-bond donors (Lipinski definition) is 1. The van der Waals surface area contributed by atoms with E-state index in [0.717, 1.165) is 27.4 Å². The van der Waals surface area contributed by atoms with E-state index in [9.17, 15) is 4.79 Å². The minimum atomic E-state index is -0.416. The molecule has 1 N–H and O–H groups in total. The molecule has 0 radical (unpaired) electrons. The SMILES string of the molecule is COC(=O)c1cncc2c(Nc3ccc(C)cc3)nc3ccccc3c12. The monoisotopic (exact) mass is 343 g/mol. The molecule has 0 spiro atoms. The van der Waals surface area contributed by atoms with Crippen LogP contribution in [0.3, 0.4) is 0 Å². The minimum absolute atomic E-state index is 0.416. The fraction of sp³-hybridized carbons (Fsp3) is 0.0952. The molecule has 0 aliphatic rings. The molecule has 2 aromatic carbocycles. The van der Waals surface area contributed by atoms with Gasteiger partial charge in [0.25, 0.3) is 0 Å². The molecule has 2 aromatic heterocycles. The summed E-state index contributed by atoms with van der Waals surface area (Å²) >= 11 is 0. The molecule has 0 saturated heterocycles. The molecule has 128 valence electrons. The summed E-state index contributed by atoms with van der Waals surface area (Å²) in [5.41, 5.74) is 3.33. The predicted molar refractivity (Wildman–Crippen MR) is 103 cm³/mol. The lowest BCUT2D eigenvalue weighted by molar-refractivity contribution is 0.0602. The van der Waals surface area contributed by atoms with Gasteiger partial charge in [-0.15, -0.1) is 0 Å². The predicted octanol–water partition coefficient (Wildman–Crippen LogP) is 4.62. The van der Waals surface area contributed by atoms with Gasteiger partial charge in [0.2, 0.25) is 0 Å². The van der Waals surface area contributed by atoms with Crippen molar-refractivity contribution in [3.8, 4) is 0 Å². The lowest BCUT2D eigenvalue weighted by Gasteiger charge is -2.13. The third-order valence-corrected chi connectivity index (χ3v) is 4.33. The lowest BCUT2D eigenvalue weighted by atomic mass is 10.0. The molecular weight excluding hydrogens is 326 g/mol. The molecular formula is C21H17N3O2. The van der Waals surface area contributed by atoms with Gasteiger partial charge in [0.05, 0.1) is 18.2 Å². The second kappa shape index (κ2) is 6.44. The summed E-state index contributed by atoms with van der Waals surface area (Å²) in [6.45, 7) is 2.04. The van der Waals surface area contributed by atoms with E-state index < -0.39 is 5.97 Å². The zero-order valence-electron chi connectivity index (χ0n) is 14.5. The highest BCUT2D eigenvalue weighted by Gasteiger charge is 2.17. The van der Waals surface area contributed by atoms with Crippen LogP contribution in [0.5, 0.6) is 0 Å². The van der Waals surface area contributed by atoms with E-state index in [1.165, 1.54) is 18.9 Å². The van der Waals surface area contributed by atoms with Crippen LogP contribution < -0.4 is 5.32 Å². The molecule has 0 amide bonds. The average molecular weight is 343 g/mol. The van der Waals surface area contributed by atoms with Crippen LogP contribution in [0.1, 0.15) is 15.9 Å². The van der Waals surface area contributed by atoms with E-state index in [4.69, 9.17) is 9.72 Å². The molecule has 4 aromatic rings. The molecule has 2 heterocycles. The number of hydrogen-bond acceptors (Lipinski definition) is 5. The molecule has 0 aliphatic heterocycles. The number of nitrogens with zero attached hydrogens (tertiary/aromatic N) is 2. The van der Waals surface area contributed by atoms with E-state index in [2.05, 4.69) is 10.3 Å². The van der Waals surface area contributed by atoms with Gasteiger partial charge in [-0.3, -0.25) is 4.98 Å². The number of ether oxygens (including phenoxy) is 1. The maximum atomic E-state index is 12.3. The number of aromatic nitrogens is 2. The molecule has 0 aliphatic carbocycles. The maximum absolute atomic E-state index is 12.3. The zero-order valence-corrected chi connectivity index (χ0v) is 14.5. The first kappa shape index (κ1) is 16.0. The topological polar surface area (TPSA) is 64.1 Å². The number of para-hydroxylation sites is 1. The first-order valence-electron chi connectivity index (χ1n) is 8.26. The Morgan fingerprint density at radius 2 is 1.77 bits per heavy atom. The zero-order chi connectivity index (χ0) is 18.1. The Bertz CT molecular complexity index is 1120. The molecule has 5 heteroatoms. The van der Waals surface area contributed by atoms with Gasteiger partial charge >= 0.3 is 5.97 Å². The molecule has 26 heavy (non-hydrogen) atoms. The Hall–Kier alpha value is -3.47. The number of carbonyl (C=O) groups is 1. The number of methoxy groups -OCH3 is 1. The Morgan fingerprint density at radius 1 is 1.00 bits per heavy atom. The van der Waals surface area contributed by atoms with Crippen molar-refractivity contribution in [3.05, 3.63) is 72.1 Å². The number of aryl methyl sites for hydroxylation is 1. The van der Waals surface area contributed by atoms with Crippen LogP contribution in [0, 0.1) is 6.92 Å². The summed E-state index contributed by atoms with van der Waals surface area (Å²) < 4.78 is 4.94. The van der Waals surface area contributed by atoms with Gasteiger partial charge in [-0.1, -0.05) is 35.9 Å². The van der Waals surface area contributed by atoms with Crippen molar-refractivity contribution in [3.63, 3.8) is 0 Å². The third kappa shape index (κ3) is 2.73. The largest absolute Gasteiger partial charge is 0.465 e. The van der Waals surface area contributed by atoms with Crippen molar-refractivity contribution < 1.29 is 9.53 Å². The van der Waals surface area contributed by atoms with Crippen molar-refractivity contribution >= 4 is 39.1 Å². The van der Waals surface area contributed by atoms with Crippen LogP contribution in [-0.4, -0.2) is 23.0 Å². The normalized spacial score (nSPS) is 10.8. The second-order valence-corrected chi connectivity index (χ2v) is 6.07. The number of rotatable bonds is 3. The fourth-order valence-corrected chi connectivity index (χ4v) is 3.03. The summed E-state index contributed by atoms with van der Waals surface area (Å²) in [5, 5.41) is 5.79. The van der Waals surface area contributed by atoms with Crippen LogP contribution in [-0.2, 0) is 4.74 Å². The van der Waals surface area contributed by atoms with Gasteiger partial charge < -0.3 is 10.1 Å². The highest BCUT2D eigenvalue weighted by atomic mass is 16.5. The summed E-state index contributed by atoms with van der Waals surface area (Å²) in [6, 6.07) is 15.8. The van der Waals surface area contributed by atoms with Gasteiger partial charge in [-0.2, -0.15) is 0 Å². The number of benzene rings is 2. The summed E-state index contributed by atoms with van der Waals surface area (Å²) in [6.07, 6.45) is 3.26. The molecule has 0 saturated carbocycles. The molecule has 0 bridgehead atoms. The van der Waals surface area contributed by atoms with E-state index in [0.29, 0.717) is 11.4 Å². The standard InChI is InChI=1S/C21H17N3O2/c1-13-7-9-14(10-8-13)23-20-16-11-22-12-17(21(25)26-2)19(16)15-5-3-4-6-18(15)24-20/h3-12H,1-2H3,(H,23,24). The van der Waals surface area contributed by atoms with E-state index in [1.807, 2.05) is 55.5 Å². The molecule has 0 unspecified atom stereocenters. The number of carbonyl (C=O) groups excluding carboxylic acids is 1. The molecule has 5 nitrogen and oxygen atoms in total. The first-order chi connectivity index (χ1) is 12.7. The van der Waals surface area contributed by atoms with Gasteiger partial charge in [0.1, 0.15) is 5.82 Å². The number of esters is 1. The average Bonchev–Trinajstić information content (AvgIpc) is 2.68.